The Kier molecular flexibility index (Phi) is 9.70. The van der Waals surface area contributed by atoms with Crippen LogP contribution in [-0.4, -0.2) is 48.9 Å². The molecule has 33 heavy (non-hydrogen) atoms. The molecule has 180 valence electrons. The number of methoxy groups -OCH3 is 1. The van der Waals surface area contributed by atoms with Gasteiger partial charge in [-0.1, -0.05) is 36.4 Å². The Balaban J connectivity index is 2.04. The van der Waals surface area contributed by atoms with E-state index >= 15 is 0 Å². The summed E-state index contributed by atoms with van der Waals surface area (Å²) in [6.45, 7) is 12.4. The number of benzene rings is 1. The monoisotopic (exact) mass is 455 g/mol. The molecule has 1 aliphatic heterocycles. The van der Waals surface area contributed by atoms with Crippen molar-refractivity contribution in [2.45, 2.75) is 58.6 Å². The molecule has 1 aliphatic rings. The number of likely N-dealkylation sites (tertiary alicyclic amines) is 1. The number of aliphatic imine (C=N–C) groups is 1. The number of piperidine rings is 1. The van der Waals surface area contributed by atoms with Gasteiger partial charge in [0, 0.05) is 19.3 Å². The van der Waals surface area contributed by atoms with E-state index in [2.05, 4.69) is 16.9 Å². The second-order valence-electron chi connectivity index (χ2n) is 9.18. The molecular weight excluding hydrogens is 418 g/mol. The summed E-state index contributed by atoms with van der Waals surface area (Å²) in [7, 11) is 1.48. The molecule has 2 amide bonds. The fourth-order valence-electron chi connectivity index (χ4n) is 3.67. The maximum absolute atomic E-state index is 13.0. The van der Waals surface area contributed by atoms with Crippen molar-refractivity contribution in [2.75, 3.05) is 20.2 Å². The summed E-state index contributed by atoms with van der Waals surface area (Å²) in [6.07, 6.45) is 5.43. The van der Waals surface area contributed by atoms with Crippen LogP contribution < -0.4 is 5.32 Å². The van der Waals surface area contributed by atoms with E-state index in [0.717, 1.165) is 24.8 Å². The smallest absolute Gasteiger partial charge is 0.410 e. The number of carbonyl (C=O) groups is 2. The van der Waals surface area contributed by atoms with Crippen molar-refractivity contribution in [3.8, 4) is 0 Å². The predicted molar refractivity (Wildman–Crippen MR) is 131 cm³/mol. The van der Waals surface area contributed by atoms with Gasteiger partial charge in [0.2, 0.25) is 5.88 Å². The number of allylic oxidation sites excluding steroid dienone is 1. The Morgan fingerprint density at radius 2 is 1.88 bits per heavy atom. The molecule has 0 bridgehead atoms. The molecule has 0 aliphatic carbocycles. The molecule has 0 radical (unpaired) electrons. The lowest BCUT2D eigenvalue weighted by atomic mass is 9.87. The highest BCUT2D eigenvalue weighted by atomic mass is 16.6. The van der Waals surface area contributed by atoms with Gasteiger partial charge in [-0.05, 0) is 65.0 Å². The number of ether oxygens (including phenoxy) is 2. The highest BCUT2D eigenvalue weighted by molar-refractivity contribution is 6.12. The minimum atomic E-state index is -0.500. The number of rotatable bonds is 8. The van der Waals surface area contributed by atoms with Crippen molar-refractivity contribution in [1.29, 1.82) is 0 Å². The minimum absolute atomic E-state index is 0.147. The largest absolute Gasteiger partial charge is 0.481 e. The van der Waals surface area contributed by atoms with E-state index in [1.807, 2.05) is 51.1 Å². The zero-order valence-electron chi connectivity index (χ0n) is 20.5. The van der Waals surface area contributed by atoms with Gasteiger partial charge in [-0.15, -0.1) is 0 Å². The Hall–Kier alpha value is -3.09. The van der Waals surface area contributed by atoms with E-state index in [-0.39, 0.29) is 23.9 Å². The summed E-state index contributed by atoms with van der Waals surface area (Å²) >= 11 is 0. The van der Waals surface area contributed by atoms with Crippen LogP contribution in [0.2, 0.25) is 0 Å². The lowest BCUT2D eigenvalue weighted by Crippen LogP contribution is -2.42. The first kappa shape index (κ1) is 26.2. The molecule has 1 N–H and O–H groups in total. The van der Waals surface area contributed by atoms with Gasteiger partial charge in [-0.3, -0.25) is 4.79 Å². The van der Waals surface area contributed by atoms with Crippen LogP contribution >= 0.6 is 0 Å². The number of carbonyl (C=O) groups excluding carboxylic acids is 2. The lowest BCUT2D eigenvalue weighted by molar-refractivity contribution is -0.117. The summed E-state index contributed by atoms with van der Waals surface area (Å²) in [6, 6.07) is 9.81. The van der Waals surface area contributed by atoms with Gasteiger partial charge >= 0.3 is 6.09 Å². The summed E-state index contributed by atoms with van der Waals surface area (Å²) in [4.78, 5) is 31.2. The van der Waals surface area contributed by atoms with Crippen LogP contribution in [0.25, 0.3) is 0 Å². The van der Waals surface area contributed by atoms with Crippen molar-refractivity contribution in [3.05, 3.63) is 60.0 Å². The van der Waals surface area contributed by atoms with Crippen molar-refractivity contribution in [3.63, 3.8) is 0 Å². The Bertz CT molecular complexity index is 863. The molecule has 1 saturated heterocycles. The normalized spacial score (nSPS) is 16.4. The first-order chi connectivity index (χ1) is 15.6. The van der Waals surface area contributed by atoms with Gasteiger partial charge in [-0.2, -0.15) is 0 Å². The number of hydrogen-bond acceptors (Lipinski definition) is 5. The summed E-state index contributed by atoms with van der Waals surface area (Å²) < 4.78 is 10.4. The Morgan fingerprint density at radius 1 is 1.24 bits per heavy atom. The van der Waals surface area contributed by atoms with Crippen LogP contribution in [-0.2, 0) is 14.3 Å². The average molecular weight is 456 g/mol. The lowest BCUT2D eigenvalue weighted by Gasteiger charge is -2.35. The van der Waals surface area contributed by atoms with Crippen LogP contribution in [0.15, 0.2) is 59.4 Å². The molecule has 0 spiro atoms. The molecule has 1 atom stereocenters. The number of hydrogen-bond donors (Lipinski definition) is 1. The zero-order chi connectivity index (χ0) is 24.4. The fraction of sp³-hybridized carbons (Fsp3) is 0.500. The summed E-state index contributed by atoms with van der Waals surface area (Å²) in [5.41, 5.74) is 0.989. The quantitative estimate of drug-likeness (QED) is 0.339. The van der Waals surface area contributed by atoms with Gasteiger partial charge in [0.05, 0.1) is 18.7 Å². The summed E-state index contributed by atoms with van der Waals surface area (Å²) in [5.74, 6) is 0.411. The molecule has 0 unspecified atom stereocenters. The SMILES string of the molecule is C=C(/N=C\C(=C/C)C(=O)N[C@@H](CC1CCN(C(=O)OC(C)(C)C)CC1)c1ccccc1)OC. The summed E-state index contributed by atoms with van der Waals surface area (Å²) in [5, 5.41) is 3.16. The second kappa shape index (κ2) is 12.2. The minimum Gasteiger partial charge on any atom is -0.481 e. The maximum atomic E-state index is 13.0. The first-order valence-electron chi connectivity index (χ1n) is 11.4. The molecule has 0 saturated carbocycles. The first-order valence-corrected chi connectivity index (χ1v) is 11.4. The number of amides is 2. The van der Waals surface area contributed by atoms with Crippen LogP contribution in [0.3, 0.4) is 0 Å². The predicted octanol–water partition coefficient (Wildman–Crippen LogP) is 5.02. The highest BCUT2D eigenvalue weighted by Crippen LogP contribution is 2.29. The molecular formula is C26H37N3O4. The molecule has 7 nitrogen and oxygen atoms in total. The van der Waals surface area contributed by atoms with E-state index in [4.69, 9.17) is 9.47 Å². The fourth-order valence-corrected chi connectivity index (χ4v) is 3.67. The van der Waals surface area contributed by atoms with Gasteiger partial charge in [-0.25, -0.2) is 9.79 Å². The molecule has 1 fully saturated rings. The Morgan fingerprint density at radius 3 is 2.42 bits per heavy atom. The van der Waals surface area contributed by atoms with E-state index in [1.54, 1.807) is 17.9 Å². The van der Waals surface area contributed by atoms with Gasteiger partial charge in [0.1, 0.15) is 5.60 Å². The standard InChI is InChI=1S/C26H37N3O4/c1-7-21(18-27-19(2)32-6)24(30)28-23(22-11-9-8-10-12-22)17-20-13-15-29(16-14-20)25(31)33-26(3,4)5/h7-12,18,20,23H,2,13-17H2,1,3-6H3,(H,28,30)/b21-7+,27-18-/t23-/m0/s1. The van der Waals surface area contributed by atoms with Crippen molar-refractivity contribution >= 4 is 18.2 Å². The van der Waals surface area contributed by atoms with Gasteiger partial charge < -0.3 is 19.7 Å². The second-order valence-corrected chi connectivity index (χ2v) is 9.18. The van der Waals surface area contributed by atoms with Crippen LogP contribution in [0.1, 0.15) is 58.6 Å². The maximum Gasteiger partial charge on any atom is 0.410 e. The molecule has 1 aromatic carbocycles. The topological polar surface area (TPSA) is 80.2 Å². The van der Waals surface area contributed by atoms with E-state index in [0.29, 0.717) is 24.6 Å². The van der Waals surface area contributed by atoms with E-state index in [1.165, 1.54) is 13.3 Å². The third-order valence-electron chi connectivity index (χ3n) is 5.50. The molecule has 1 heterocycles. The average Bonchev–Trinajstić information content (AvgIpc) is 2.78. The van der Waals surface area contributed by atoms with Crippen molar-refractivity contribution < 1.29 is 19.1 Å². The molecule has 2 rings (SSSR count). The Labute approximate surface area is 197 Å². The van der Waals surface area contributed by atoms with Crippen LogP contribution in [0.4, 0.5) is 4.79 Å². The van der Waals surface area contributed by atoms with Crippen LogP contribution in [0, 0.1) is 5.92 Å². The van der Waals surface area contributed by atoms with E-state index in [9.17, 15) is 9.59 Å². The molecule has 1 aromatic rings. The molecule has 7 heteroatoms. The highest BCUT2D eigenvalue weighted by Gasteiger charge is 2.29. The number of nitrogens with one attached hydrogen (secondary N) is 1. The van der Waals surface area contributed by atoms with Gasteiger partial charge in [0.25, 0.3) is 5.91 Å². The third-order valence-corrected chi connectivity index (χ3v) is 5.50. The molecule has 0 aromatic heterocycles. The third kappa shape index (κ3) is 8.75. The van der Waals surface area contributed by atoms with Crippen LogP contribution in [0.5, 0.6) is 0 Å². The van der Waals surface area contributed by atoms with Gasteiger partial charge in [0.15, 0.2) is 0 Å². The van der Waals surface area contributed by atoms with Crippen molar-refractivity contribution in [1.82, 2.24) is 10.2 Å². The zero-order valence-corrected chi connectivity index (χ0v) is 20.5. The van der Waals surface area contributed by atoms with Crippen molar-refractivity contribution in [2.24, 2.45) is 10.9 Å². The number of nitrogens with zero attached hydrogens (tertiary/aromatic N) is 2. The van der Waals surface area contributed by atoms with E-state index < -0.39 is 5.60 Å².